The van der Waals surface area contributed by atoms with Gasteiger partial charge in [-0.05, 0) is 43.0 Å². The molecule has 0 N–H and O–H groups in total. The van der Waals surface area contributed by atoms with E-state index in [-0.39, 0.29) is 0 Å². The third-order valence-corrected chi connectivity index (χ3v) is 6.43. The summed E-state index contributed by atoms with van der Waals surface area (Å²) in [5, 5.41) is 2.72. The van der Waals surface area contributed by atoms with Crippen molar-refractivity contribution in [2.75, 3.05) is 0 Å². The van der Waals surface area contributed by atoms with Gasteiger partial charge in [0.25, 0.3) is 0 Å². The zero-order chi connectivity index (χ0) is 20.3. The van der Waals surface area contributed by atoms with E-state index in [0.717, 1.165) is 12.5 Å². The molecule has 29 heavy (non-hydrogen) atoms. The number of benzene rings is 2. The summed E-state index contributed by atoms with van der Waals surface area (Å²) in [4.78, 5) is 0. The minimum atomic E-state index is 0.775. The number of fused-ring (bicyclic) bond motifs is 3. The van der Waals surface area contributed by atoms with Crippen LogP contribution in [0.1, 0.15) is 90.9 Å². The molecule has 0 aliphatic heterocycles. The molecule has 0 spiro atoms. The van der Waals surface area contributed by atoms with Gasteiger partial charge in [-0.2, -0.15) is 0 Å². The van der Waals surface area contributed by atoms with E-state index in [2.05, 4.69) is 54.8 Å². The molecule has 0 saturated heterocycles. The molecule has 1 unspecified atom stereocenters. The van der Waals surface area contributed by atoms with Crippen LogP contribution in [0.4, 0.5) is 0 Å². The van der Waals surface area contributed by atoms with Crippen LogP contribution in [0.25, 0.3) is 21.8 Å². The van der Waals surface area contributed by atoms with Crippen LogP contribution in [0.5, 0.6) is 0 Å². The number of aromatic nitrogens is 1. The van der Waals surface area contributed by atoms with Gasteiger partial charge in [-0.3, -0.25) is 0 Å². The fourth-order valence-electron chi connectivity index (χ4n) is 4.73. The van der Waals surface area contributed by atoms with Crippen molar-refractivity contribution in [3.8, 4) is 0 Å². The summed E-state index contributed by atoms with van der Waals surface area (Å²) in [5.74, 6) is 0.775. The van der Waals surface area contributed by atoms with Gasteiger partial charge in [-0.25, -0.2) is 0 Å². The fraction of sp³-hybridized carbons (Fsp3) is 0.571. The predicted octanol–water partition coefficient (Wildman–Crippen LogP) is 8.73. The molecule has 1 atom stereocenters. The van der Waals surface area contributed by atoms with E-state index in [1.54, 1.807) is 0 Å². The lowest BCUT2D eigenvalue weighted by Crippen LogP contribution is -2.11. The normalized spacial score (nSPS) is 12.8. The lowest BCUT2D eigenvalue weighted by Gasteiger charge is -2.19. The highest BCUT2D eigenvalue weighted by molar-refractivity contribution is 6.07. The quantitative estimate of drug-likeness (QED) is 0.243. The number of rotatable bonds is 14. The monoisotopic (exact) mass is 389 g/mol. The maximum Gasteiger partial charge on any atom is 0.0497 e. The van der Waals surface area contributed by atoms with E-state index in [4.69, 9.17) is 0 Å². The Bertz CT molecular complexity index is 791. The Kier molecular flexibility index (Phi) is 9.12. The lowest BCUT2D eigenvalue weighted by atomic mass is 9.94. The lowest BCUT2D eigenvalue weighted by molar-refractivity contribution is 0.365. The second kappa shape index (κ2) is 12.1. The molecule has 0 aliphatic rings. The highest BCUT2D eigenvalue weighted by Gasteiger charge is 2.15. The van der Waals surface area contributed by atoms with Gasteiger partial charge >= 0.3 is 0 Å². The number of nitrogens with zero attached hydrogens (tertiary/aromatic N) is 1. The molecular weight excluding hydrogens is 350 g/mol. The average Bonchev–Trinajstić information content (AvgIpc) is 3.07. The third kappa shape index (κ3) is 6.11. The number of unbranched alkanes of at least 4 members (excludes halogenated alkanes) is 8. The van der Waals surface area contributed by atoms with E-state index in [0.29, 0.717) is 0 Å². The first kappa shape index (κ1) is 21.9. The molecule has 156 valence electrons. The topological polar surface area (TPSA) is 4.93 Å². The van der Waals surface area contributed by atoms with Crippen molar-refractivity contribution in [2.24, 2.45) is 5.92 Å². The summed E-state index contributed by atoms with van der Waals surface area (Å²) in [6.07, 6.45) is 16.5. The van der Waals surface area contributed by atoms with Gasteiger partial charge in [0.2, 0.25) is 0 Å². The molecule has 3 rings (SSSR count). The number of hydrogen-bond acceptors (Lipinski definition) is 0. The maximum atomic E-state index is 3.31. The Morgan fingerprint density at radius 3 is 1.72 bits per heavy atom. The van der Waals surface area contributed by atoms with Crippen LogP contribution < -0.4 is 0 Å². The maximum absolute atomic E-state index is 3.31. The van der Waals surface area contributed by atoms with Crippen LogP contribution in [-0.2, 0) is 6.54 Å². The van der Waals surface area contributed by atoms with E-state index in [1.165, 1.54) is 98.9 Å². The summed E-state index contributed by atoms with van der Waals surface area (Å²) < 4.78 is 2.55. The standard InChI is InChI=1S/C28H39N/c1-3-5-7-9-10-12-18-24(17-11-8-6-4-2)23-29-27-21-15-13-19-25(27)26-20-14-16-22-28(26)29/h13-14,19-22,24H,3-12,17-18,23H2,1-2H3. The van der Waals surface area contributed by atoms with Gasteiger partial charge in [-0.1, -0.05) is 102 Å². The second-order valence-corrected chi connectivity index (χ2v) is 8.77. The van der Waals surface area contributed by atoms with Gasteiger partial charge in [0.05, 0.1) is 0 Å². The Labute approximate surface area is 178 Å². The van der Waals surface area contributed by atoms with E-state index < -0.39 is 0 Å². The Balaban J connectivity index is 1.71. The average molecular weight is 390 g/mol. The SMILES string of the molecule is CCCCCCCCC(CCCCCC)Cn1c2c[c]ccc2c2cc[c]cc21. The summed E-state index contributed by atoms with van der Waals surface area (Å²) in [7, 11) is 0. The Morgan fingerprint density at radius 2 is 1.17 bits per heavy atom. The molecule has 3 aromatic rings. The van der Waals surface area contributed by atoms with Gasteiger partial charge in [0.1, 0.15) is 0 Å². The molecule has 0 bridgehead atoms. The van der Waals surface area contributed by atoms with Crippen molar-refractivity contribution >= 4 is 21.8 Å². The largest absolute Gasteiger partial charge is 0.340 e. The van der Waals surface area contributed by atoms with Crippen LogP contribution in [0.3, 0.4) is 0 Å². The molecule has 0 saturated carbocycles. The summed E-state index contributed by atoms with van der Waals surface area (Å²) in [6, 6.07) is 19.5. The van der Waals surface area contributed by atoms with Crippen molar-refractivity contribution in [2.45, 2.75) is 97.4 Å². The van der Waals surface area contributed by atoms with Gasteiger partial charge in [0, 0.05) is 28.4 Å². The fourth-order valence-corrected chi connectivity index (χ4v) is 4.73. The molecule has 0 amide bonds. The second-order valence-electron chi connectivity index (χ2n) is 8.77. The highest BCUT2D eigenvalue weighted by Crippen LogP contribution is 2.31. The van der Waals surface area contributed by atoms with Crippen molar-refractivity contribution < 1.29 is 0 Å². The number of hydrogen-bond donors (Lipinski definition) is 0. The first-order valence-corrected chi connectivity index (χ1v) is 12.1. The molecule has 2 aromatic carbocycles. The molecule has 1 nitrogen and oxygen atoms in total. The highest BCUT2D eigenvalue weighted by atomic mass is 15.0. The summed E-state index contributed by atoms with van der Waals surface area (Å²) in [6.45, 7) is 5.74. The first-order chi connectivity index (χ1) is 14.3. The molecule has 1 heteroatoms. The summed E-state index contributed by atoms with van der Waals surface area (Å²) >= 11 is 0. The zero-order valence-corrected chi connectivity index (χ0v) is 18.7. The Hall–Kier alpha value is -1.76. The van der Waals surface area contributed by atoms with Gasteiger partial charge in [-0.15, -0.1) is 0 Å². The van der Waals surface area contributed by atoms with Gasteiger partial charge < -0.3 is 4.57 Å². The molecule has 0 fully saturated rings. The summed E-state index contributed by atoms with van der Waals surface area (Å²) in [5.41, 5.74) is 2.67. The first-order valence-electron chi connectivity index (χ1n) is 12.1. The molecular formula is C28H39N. The van der Waals surface area contributed by atoms with Crippen LogP contribution in [0.2, 0.25) is 0 Å². The van der Waals surface area contributed by atoms with Crippen LogP contribution in [0.15, 0.2) is 36.4 Å². The van der Waals surface area contributed by atoms with Crippen LogP contribution in [-0.4, -0.2) is 4.57 Å². The van der Waals surface area contributed by atoms with Crippen molar-refractivity contribution in [1.82, 2.24) is 4.57 Å². The van der Waals surface area contributed by atoms with Crippen LogP contribution in [0, 0.1) is 18.1 Å². The molecule has 1 heterocycles. The van der Waals surface area contributed by atoms with Crippen molar-refractivity contribution in [3.63, 3.8) is 0 Å². The van der Waals surface area contributed by atoms with E-state index >= 15 is 0 Å². The molecule has 2 radical (unpaired) electrons. The van der Waals surface area contributed by atoms with Crippen molar-refractivity contribution in [1.29, 1.82) is 0 Å². The predicted molar refractivity (Wildman–Crippen MR) is 127 cm³/mol. The zero-order valence-electron chi connectivity index (χ0n) is 18.7. The van der Waals surface area contributed by atoms with E-state index in [9.17, 15) is 0 Å². The van der Waals surface area contributed by atoms with Gasteiger partial charge in [0.15, 0.2) is 0 Å². The molecule has 1 aromatic heterocycles. The minimum absolute atomic E-state index is 0.775. The minimum Gasteiger partial charge on any atom is -0.340 e. The van der Waals surface area contributed by atoms with Crippen molar-refractivity contribution in [3.05, 3.63) is 48.5 Å². The third-order valence-electron chi connectivity index (χ3n) is 6.43. The smallest absolute Gasteiger partial charge is 0.0497 e. The Morgan fingerprint density at radius 1 is 0.690 bits per heavy atom. The van der Waals surface area contributed by atoms with E-state index in [1.807, 2.05) is 12.1 Å². The molecule has 0 aliphatic carbocycles. The van der Waals surface area contributed by atoms with Crippen LogP contribution >= 0.6 is 0 Å².